The van der Waals surface area contributed by atoms with E-state index >= 15 is 0 Å². The van der Waals surface area contributed by atoms with E-state index < -0.39 is 6.04 Å². The number of carbonyl (C=O) groups is 2. The molecule has 1 aromatic heterocycles. The van der Waals surface area contributed by atoms with E-state index in [0.29, 0.717) is 27.9 Å². The predicted molar refractivity (Wildman–Crippen MR) is 154 cm³/mol. The van der Waals surface area contributed by atoms with Gasteiger partial charge in [-0.3, -0.25) is 14.5 Å². The molecule has 7 heteroatoms. The molecule has 3 aromatic rings. The summed E-state index contributed by atoms with van der Waals surface area (Å²) in [6.45, 7) is 8.11. The number of carbonyl (C=O) groups excluding carboxylic acids is 2. The molecule has 0 aliphatic heterocycles. The van der Waals surface area contributed by atoms with Crippen molar-refractivity contribution >= 4 is 28.8 Å². The first-order chi connectivity index (χ1) is 18.3. The number of amides is 2. The molecule has 0 unspecified atom stereocenters. The molecule has 1 saturated carbocycles. The number of nitrogens with zero attached hydrogens (tertiary/aromatic N) is 2. The lowest BCUT2D eigenvalue weighted by molar-refractivity contribution is -0.123. The highest BCUT2D eigenvalue weighted by Gasteiger charge is 2.36. The summed E-state index contributed by atoms with van der Waals surface area (Å²) in [7, 11) is 1.62. The Labute approximate surface area is 230 Å². The summed E-state index contributed by atoms with van der Waals surface area (Å²) in [5.41, 5.74) is 3.31. The first-order valence-corrected chi connectivity index (χ1v) is 14.5. The van der Waals surface area contributed by atoms with Crippen molar-refractivity contribution in [3.8, 4) is 5.75 Å². The maximum Gasteiger partial charge on any atom is 0.271 e. The lowest BCUT2D eigenvalue weighted by atomic mass is 9.94. The standard InChI is InChI=1S/C31H39N3O3S/c1-6-20(2)23-12-16-26(17-13-23)34(31(36)29-21(3)32-22(4)38-29)28(24-14-18-27(37-5)19-15-24)30(35)33-25-10-8-7-9-11-25/h12-20,25,28H,6-11H2,1-5H3,(H,33,35)/t20-,28-/m1/s1. The number of hydrogen-bond donors (Lipinski definition) is 1. The Morgan fingerprint density at radius 2 is 1.66 bits per heavy atom. The van der Waals surface area contributed by atoms with Crippen molar-refractivity contribution in [1.29, 1.82) is 0 Å². The summed E-state index contributed by atoms with van der Waals surface area (Å²) in [4.78, 5) is 35.1. The minimum atomic E-state index is -0.841. The van der Waals surface area contributed by atoms with Gasteiger partial charge >= 0.3 is 0 Å². The van der Waals surface area contributed by atoms with Gasteiger partial charge < -0.3 is 10.1 Å². The first kappa shape index (κ1) is 27.8. The smallest absolute Gasteiger partial charge is 0.271 e. The molecule has 6 nitrogen and oxygen atoms in total. The second-order valence-electron chi connectivity index (χ2n) is 10.2. The van der Waals surface area contributed by atoms with Gasteiger partial charge in [0, 0.05) is 11.7 Å². The van der Waals surface area contributed by atoms with Gasteiger partial charge in [0.2, 0.25) is 5.91 Å². The molecule has 1 aliphatic rings. The first-order valence-electron chi connectivity index (χ1n) is 13.6. The molecule has 4 rings (SSSR count). The highest BCUT2D eigenvalue weighted by Crippen LogP contribution is 2.34. The summed E-state index contributed by atoms with van der Waals surface area (Å²) >= 11 is 1.37. The average Bonchev–Trinajstić information content (AvgIpc) is 3.29. The van der Waals surface area contributed by atoms with Gasteiger partial charge in [0.15, 0.2) is 0 Å². The third-order valence-corrected chi connectivity index (χ3v) is 8.62. The number of hydrogen-bond acceptors (Lipinski definition) is 5. The van der Waals surface area contributed by atoms with Gasteiger partial charge in [-0.05, 0) is 74.4 Å². The van der Waals surface area contributed by atoms with Crippen LogP contribution in [-0.4, -0.2) is 29.9 Å². The quantitative estimate of drug-likeness (QED) is 0.318. The van der Waals surface area contributed by atoms with Gasteiger partial charge in [-0.15, -0.1) is 11.3 Å². The van der Waals surface area contributed by atoms with Crippen molar-refractivity contribution in [2.24, 2.45) is 0 Å². The monoisotopic (exact) mass is 533 g/mol. The SMILES string of the molecule is CC[C@@H](C)c1ccc(N(C(=O)c2sc(C)nc2C)[C@@H](C(=O)NC2CCCCC2)c2ccc(OC)cc2)cc1. The minimum Gasteiger partial charge on any atom is -0.497 e. The van der Waals surface area contributed by atoms with E-state index in [1.165, 1.54) is 23.3 Å². The largest absolute Gasteiger partial charge is 0.497 e. The molecule has 1 aliphatic carbocycles. The number of thiazole rings is 1. The van der Waals surface area contributed by atoms with Crippen molar-refractivity contribution in [2.45, 2.75) is 84.2 Å². The van der Waals surface area contributed by atoms with Crippen LogP contribution in [0.2, 0.25) is 0 Å². The Hall–Kier alpha value is -3.19. The van der Waals surface area contributed by atoms with Crippen molar-refractivity contribution in [3.63, 3.8) is 0 Å². The molecule has 2 atom stereocenters. The van der Waals surface area contributed by atoms with Crippen LogP contribution in [0, 0.1) is 13.8 Å². The fourth-order valence-corrected chi connectivity index (χ4v) is 6.01. The molecule has 0 spiro atoms. The number of ether oxygens (including phenoxy) is 1. The Morgan fingerprint density at radius 1 is 1.03 bits per heavy atom. The lowest BCUT2D eigenvalue weighted by Gasteiger charge is -2.33. The highest BCUT2D eigenvalue weighted by molar-refractivity contribution is 7.13. The normalized spacial score (nSPS) is 15.5. The van der Waals surface area contributed by atoms with E-state index in [1.54, 1.807) is 12.0 Å². The van der Waals surface area contributed by atoms with Crippen LogP contribution >= 0.6 is 11.3 Å². The Kier molecular flexibility index (Phi) is 9.21. The third kappa shape index (κ3) is 6.26. The summed E-state index contributed by atoms with van der Waals surface area (Å²) in [5, 5.41) is 4.11. The lowest BCUT2D eigenvalue weighted by Crippen LogP contribution is -2.47. The van der Waals surface area contributed by atoms with Crippen LogP contribution in [0.5, 0.6) is 5.75 Å². The van der Waals surface area contributed by atoms with E-state index in [1.807, 2.05) is 50.2 Å². The molecule has 38 heavy (non-hydrogen) atoms. The zero-order chi connectivity index (χ0) is 27.2. The molecule has 1 fully saturated rings. The van der Waals surface area contributed by atoms with Gasteiger partial charge in [0.1, 0.15) is 16.7 Å². The molecule has 0 saturated heterocycles. The minimum absolute atomic E-state index is 0.120. The molecule has 1 N–H and O–H groups in total. The van der Waals surface area contributed by atoms with Crippen molar-refractivity contribution < 1.29 is 14.3 Å². The number of benzene rings is 2. The van der Waals surface area contributed by atoms with Crippen LogP contribution in [0.25, 0.3) is 0 Å². The summed E-state index contributed by atoms with van der Waals surface area (Å²) < 4.78 is 5.37. The van der Waals surface area contributed by atoms with Crippen molar-refractivity contribution in [2.75, 3.05) is 12.0 Å². The van der Waals surface area contributed by atoms with Gasteiger partial charge in [-0.1, -0.05) is 57.4 Å². The van der Waals surface area contributed by atoms with Crippen molar-refractivity contribution in [1.82, 2.24) is 10.3 Å². The number of aromatic nitrogens is 1. The number of aryl methyl sites for hydroxylation is 2. The van der Waals surface area contributed by atoms with E-state index in [9.17, 15) is 9.59 Å². The van der Waals surface area contributed by atoms with Crippen LogP contribution in [-0.2, 0) is 4.79 Å². The molecular weight excluding hydrogens is 494 g/mol. The Balaban J connectivity index is 1.82. The average molecular weight is 534 g/mol. The van der Waals surface area contributed by atoms with Crippen LogP contribution in [0.3, 0.4) is 0 Å². The fourth-order valence-electron chi connectivity index (χ4n) is 5.15. The van der Waals surface area contributed by atoms with Gasteiger partial charge in [0.25, 0.3) is 5.91 Å². The summed E-state index contributed by atoms with van der Waals surface area (Å²) in [5.74, 6) is 0.723. The second kappa shape index (κ2) is 12.6. The third-order valence-electron chi connectivity index (χ3n) is 7.56. The number of nitrogens with one attached hydrogen (secondary N) is 1. The molecule has 1 heterocycles. The summed E-state index contributed by atoms with van der Waals surface area (Å²) in [6.07, 6.45) is 6.37. The molecular formula is C31H39N3O3S. The number of methoxy groups -OCH3 is 1. The Morgan fingerprint density at radius 3 is 2.21 bits per heavy atom. The number of anilines is 1. The zero-order valence-electron chi connectivity index (χ0n) is 23.1. The molecule has 202 valence electrons. The maximum atomic E-state index is 14.3. The molecule has 2 amide bonds. The predicted octanol–water partition coefficient (Wildman–Crippen LogP) is 7.12. The van der Waals surface area contributed by atoms with E-state index in [0.717, 1.165) is 42.7 Å². The summed E-state index contributed by atoms with van der Waals surface area (Å²) in [6, 6.07) is 14.8. The van der Waals surface area contributed by atoms with Gasteiger partial charge in [-0.2, -0.15) is 0 Å². The second-order valence-corrected chi connectivity index (χ2v) is 11.4. The number of rotatable bonds is 9. The van der Waals surface area contributed by atoms with Gasteiger partial charge in [-0.25, -0.2) is 4.98 Å². The van der Waals surface area contributed by atoms with E-state index in [-0.39, 0.29) is 17.9 Å². The maximum absolute atomic E-state index is 14.3. The van der Waals surface area contributed by atoms with E-state index in [4.69, 9.17) is 4.74 Å². The molecule has 0 radical (unpaired) electrons. The Bertz CT molecular complexity index is 1230. The molecule has 2 aromatic carbocycles. The zero-order valence-corrected chi connectivity index (χ0v) is 23.9. The van der Waals surface area contributed by atoms with Crippen LogP contribution in [0.4, 0.5) is 5.69 Å². The van der Waals surface area contributed by atoms with E-state index in [2.05, 4.69) is 36.3 Å². The fraction of sp³-hybridized carbons (Fsp3) is 0.452. The van der Waals surface area contributed by atoms with Gasteiger partial charge in [0.05, 0.1) is 17.8 Å². The highest BCUT2D eigenvalue weighted by atomic mass is 32.1. The topological polar surface area (TPSA) is 71.5 Å². The van der Waals surface area contributed by atoms with Crippen LogP contribution in [0.1, 0.15) is 95.8 Å². The van der Waals surface area contributed by atoms with Crippen LogP contribution < -0.4 is 15.0 Å². The van der Waals surface area contributed by atoms with Crippen molar-refractivity contribution in [3.05, 3.63) is 75.2 Å². The molecule has 0 bridgehead atoms. The van der Waals surface area contributed by atoms with Crippen LogP contribution in [0.15, 0.2) is 48.5 Å².